The zero-order chi connectivity index (χ0) is 10.3. The SMILES string of the molecule is C#CCC(C)NC(=O)CNC(C)C. The lowest BCUT2D eigenvalue weighted by Crippen LogP contribution is -2.40. The molecule has 13 heavy (non-hydrogen) atoms. The van der Waals surface area contributed by atoms with Gasteiger partial charge >= 0.3 is 0 Å². The molecule has 0 aromatic carbocycles. The summed E-state index contributed by atoms with van der Waals surface area (Å²) < 4.78 is 0. The molecule has 0 heterocycles. The molecule has 0 radical (unpaired) electrons. The second-order valence-corrected chi connectivity index (χ2v) is 3.41. The maximum absolute atomic E-state index is 11.2. The lowest BCUT2D eigenvalue weighted by atomic mass is 10.2. The van der Waals surface area contributed by atoms with Crippen molar-refractivity contribution < 1.29 is 4.79 Å². The molecular weight excluding hydrogens is 164 g/mol. The van der Waals surface area contributed by atoms with Crippen LogP contribution in [-0.4, -0.2) is 24.5 Å². The Morgan fingerprint density at radius 2 is 2.08 bits per heavy atom. The predicted octanol–water partition coefficient (Wildman–Crippen LogP) is 0.512. The Labute approximate surface area is 80.3 Å². The van der Waals surface area contributed by atoms with E-state index in [-0.39, 0.29) is 11.9 Å². The van der Waals surface area contributed by atoms with E-state index in [0.29, 0.717) is 19.0 Å². The summed E-state index contributed by atoms with van der Waals surface area (Å²) in [6, 6.07) is 0.389. The lowest BCUT2D eigenvalue weighted by molar-refractivity contribution is -0.120. The number of hydrogen-bond donors (Lipinski definition) is 2. The van der Waals surface area contributed by atoms with E-state index in [1.807, 2.05) is 20.8 Å². The Hall–Kier alpha value is -1.01. The Bertz CT molecular complexity index is 194. The van der Waals surface area contributed by atoms with E-state index >= 15 is 0 Å². The van der Waals surface area contributed by atoms with Crippen LogP contribution in [0.5, 0.6) is 0 Å². The van der Waals surface area contributed by atoms with Gasteiger partial charge in [-0.2, -0.15) is 0 Å². The molecule has 0 aliphatic carbocycles. The number of nitrogens with one attached hydrogen (secondary N) is 2. The Morgan fingerprint density at radius 3 is 2.54 bits per heavy atom. The first-order valence-electron chi connectivity index (χ1n) is 4.52. The van der Waals surface area contributed by atoms with Gasteiger partial charge in [-0.25, -0.2) is 0 Å². The number of amides is 1. The fourth-order valence-corrected chi connectivity index (χ4v) is 0.850. The van der Waals surface area contributed by atoms with E-state index in [1.165, 1.54) is 0 Å². The molecule has 1 amide bonds. The zero-order valence-electron chi connectivity index (χ0n) is 8.55. The van der Waals surface area contributed by atoms with E-state index < -0.39 is 0 Å². The minimum atomic E-state index is -0.00329. The molecule has 1 atom stereocenters. The van der Waals surface area contributed by atoms with E-state index in [4.69, 9.17) is 6.42 Å². The fourth-order valence-electron chi connectivity index (χ4n) is 0.850. The third kappa shape index (κ3) is 7.35. The fraction of sp³-hybridized carbons (Fsp3) is 0.700. The highest BCUT2D eigenvalue weighted by Gasteiger charge is 2.05. The summed E-state index contributed by atoms with van der Waals surface area (Å²) in [7, 11) is 0. The lowest BCUT2D eigenvalue weighted by Gasteiger charge is -2.12. The molecule has 3 heteroatoms. The minimum Gasteiger partial charge on any atom is -0.352 e. The van der Waals surface area contributed by atoms with Gasteiger partial charge in [0.05, 0.1) is 6.54 Å². The molecule has 0 fully saturated rings. The van der Waals surface area contributed by atoms with Crippen molar-refractivity contribution in [1.82, 2.24) is 10.6 Å². The molecule has 0 aromatic heterocycles. The van der Waals surface area contributed by atoms with Gasteiger partial charge < -0.3 is 10.6 Å². The van der Waals surface area contributed by atoms with Crippen molar-refractivity contribution in [2.24, 2.45) is 0 Å². The molecule has 74 valence electrons. The van der Waals surface area contributed by atoms with Crippen molar-refractivity contribution in [3.05, 3.63) is 0 Å². The molecular formula is C10H18N2O. The minimum absolute atomic E-state index is 0.00329. The van der Waals surface area contributed by atoms with Crippen LogP contribution in [0, 0.1) is 12.3 Å². The van der Waals surface area contributed by atoms with Gasteiger partial charge in [-0.05, 0) is 6.92 Å². The van der Waals surface area contributed by atoms with Gasteiger partial charge in [0.1, 0.15) is 0 Å². The van der Waals surface area contributed by atoms with Crippen LogP contribution in [0.3, 0.4) is 0 Å². The van der Waals surface area contributed by atoms with E-state index in [2.05, 4.69) is 16.6 Å². The third-order valence-electron chi connectivity index (χ3n) is 1.50. The first-order chi connectivity index (χ1) is 6.06. The molecule has 0 aliphatic rings. The Morgan fingerprint density at radius 1 is 1.46 bits per heavy atom. The van der Waals surface area contributed by atoms with Gasteiger partial charge in [0.15, 0.2) is 0 Å². The number of hydrogen-bond acceptors (Lipinski definition) is 2. The van der Waals surface area contributed by atoms with E-state index in [0.717, 1.165) is 0 Å². The van der Waals surface area contributed by atoms with Gasteiger partial charge in [-0.15, -0.1) is 12.3 Å². The van der Waals surface area contributed by atoms with Gasteiger partial charge in [0, 0.05) is 18.5 Å². The molecule has 0 saturated carbocycles. The molecule has 3 nitrogen and oxygen atoms in total. The van der Waals surface area contributed by atoms with Crippen LogP contribution < -0.4 is 10.6 Å². The number of rotatable bonds is 5. The van der Waals surface area contributed by atoms with Crippen LogP contribution in [-0.2, 0) is 4.79 Å². The second-order valence-electron chi connectivity index (χ2n) is 3.41. The predicted molar refractivity (Wildman–Crippen MR) is 54.2 cm³/mol. The monoisotopic (exact) mass is 182 g/mol. The van der Waals surface area contributed by atoms with Crippen LogP contribution in [0.25, 0.3) is 0 Å². The maximum atomic E-state index is 11.2. The molecule has 1 unspecified atom stereocenters. The Kier molecular flexibility index (Phi) is 5.99. The summed E-state index contributed by atoms with van der Waals surface area (Å²) in [5.74, 6) is 2.50. The van der Waals surface area contributed by atoms with Gasteiger partial charge in [0.25, 0.3) is 0 Å². The van der Waals surface area contributed by atoms with E-state index in [9.17, 15) is 4.79 Å². The molecule has 0 rings (SSSR count). The first kappa shape index (κ1) is 12.0. The third-order valence-corrected chi connectivity index (χ3v) is 1.50. The normalized spacial score (nSPS) is 12.2. The van der Waals surface area contributed by atoms with Crippen LogP contribution in [0.1, 0.15) is 27.2 Å². The molecule has 0 aliphatic heterocycles. The molecule has 2 N–H and O–H groups in total. The molecule has 0 saturated heterocycles. The van der Waals surface area contributed by atoms with Crippen molar-refractivity contribution in [1.29, 1.82) is 0 Å². The van der Waals surface area contributed by atoms with Gasteiger partial charge in [0.2, 0.25) is 5.91 Å². The average molecular weight is 182 g/mol. The highest BCUT2D eigenvalue weighted by molar-refractivity contribution is 5.78. The van der Waals surface area contributed by atoms with Crippen molar-refractivity contribution in [3.63, 3.8) is 0 Å². The summed E-state index contributed by atoms with van der Waals surface area (Å²) >= 11 is 0. The number of terminal acetylenes is 1. The average Bonchev–Trinajstić information content (AvgIpc) is 2.01. The smallest absolute Gasteiger partial charge is 0.234 e. The van der Waals surface area contributed by atoms with Gasteiger partial charge in [-0.1, -0.05) is 13.8 Å². The topological polar surface area (TPSA) is 41.1 Å². The first-order valence-corrected chi connectivity index (χ1v) is 4.52. The van der Waals surface area contributed by atoms with Gasteiger partial charge in [-0.3, -0.25) is 4.79 Å². The highest BCUT2D eigenvalue weighted by Crippen LogP contribution is 1.87. The van der Waals surface area contributed by atoms with Crippen LogP contribution >= 0.6 is 0 Å². The Balaban J connectivity index is 3.57. The zero-order valence-corrected chi connectivity index (χ0v) is 8.55. The van der Waals surface area contributed by atoms with Crippen molar-refractivity contribution in [2.45, 2.75) is 39.3 Å². The molecule has 0 aromatic rings. The number of carbonyl (C=O) groups excluding carboxylic acids is 1. The molecule has 0 spiro atoms. The summed E-state index contributed by atoms with van der Waals surface area (Å²) in [4.78, 5) is 11.2. The summed E-state index contributed by atoms with van der Waals surface area (Å²) in [5, 5.41) is 5.82. The van der Waals surface area contributed by atoms with Crippen LogP contribution in [0.4, 0.5) is 0 Å². The molecule has 0 bridgehead atoms. The summed E-state index contributed by atoms with van der Waals surface area (Å²) in [5.41, 5.74) is 0. The van der Waals surface area contributed by atoms with Crippen LogP contribution in [0.2, 0.25) is 0 Å². The van der Waals surface area contributed by atoms with E-state index in [1.54, 1.807) is 0 Å². The van der Waals surface area contributed by atoms with Crippen molar-refractivity contribution in [2.75, 3.05) is 6.54 Å². The standard InChI is InChI=1S/C10H18N2O/c1-5-6-9(4)12-10(13)7-11-8(2)3/h1,8-9,11H,6-7H2,2-4H3,(H,12,13). The summed E-state index contributed by atoms with van der Waals surface area (Å²) in [6.07, 6.45) is 5.69. The van der Waals surface area contributed by atoms with Crippen molar-refractivity contribution >= 4 is 5.91 Å². The quantitative estimate of drug-likeness (QED) is 0.608. The van der Waals surface area contributed by atoms with Crippen molar-refractivity contribution in [3.8, 4) is 12.3 Å². The summed E-state index contributed by atoms with van der Waals surface area (Å²) in [6.45, 7) is 6.25. The number of carbonyl (C=O) groups is 1. The second kappa shape index (κ2) is 6.50. The van der Waals surface area contributed by atoms with Crippen LogP contribution in [0.15, 0.2) is 0 Å². The largest absolute Gasteiger partial charge is 0.352 e. The highest BCUT2D eigenvalue weighted by atomic mass is 16.1. The maximum Gasteiger partial charge on any atom is 0.234 e.